The number of benzene rings is 1. The monoisotopic (exact) mass is 336 g/mol. The maximum atomic E-state index is 12.4. The number of aryl methyl sites for hydroxylation is 2. The van der Waals surface area contributed by atoms with Gasteiger partial charge in [-0.15, -0.1) is 0 Å². The van der Waals surface area contributed by atoms with Crippen LogP contribution in [0.2, 0.25) is 0 Å². The van der Waals surface area contributed by atoms with E-state index in [1.807, 2.05) is 48.5 Å². The SMILES string of the molecule is Cc1noc(CCCC(=O)NC(c2ccccc2)c2ccccn2)n1. The maximum Gasteiger partial charge on any atom is 0.226 e. The summed E-state index contributed by atoms with van der Waals surface area (Å²) in [6.07, 6.45) is 3.36. The highest BCUT2D eigenvalue weighted by Gasteiger charge is 2.17. The van der Waals surface area contributed by atoms with Gasteiger partial charge in [0.05, 0.1) is 11.7 Å². The molecule has 2 heterocycles. The Morgan fingerprint density at radius 1 is 1.16 bits per heavy atom. The second-order valence-electron chi connectivity index (χ2n) is 5.75. The quantitative estimate of drug-likeness (QED) is 0.717. The molecule has 1 N–H and O–H groups in total. The van der Waals surface area contributed by atoms with Gasteiger partial charge in [-0.05, 0) is 31.0 Å². The molecule has 128 valence electrons. The standard InChI is InChI=1S/C19H20N4O2/c1-14-21-18(25-23-14)12-7-11-17(24)22-19(15-8-3-2-4-9-15)16-10-5-6-13-20-16/h2-6,8-10,13,19H,7,11-12H2,1H3,(H,22,24). The molecule has 0 aliphatic carbocycles. The number of nitrogens with zero attached hydrogens (tertiary/aromatic N) is 3. The molecule has 2 aromatic heterocycles. The summed E-state index contributed by atoms with van der Waals surface area (Å²) < 4.78 is 5.06. The minimum atomic E-state index is -0.263. The Hall–Kier alpha value is -3.02. The van der Waals surface area contributed by atoms with Crippen molar-refractivity contribution in [3.05, 3.63) is 77.7 Å². The molecule has 0 aliphatic rings. The summed E-state index contributed by atoms with van der Waals surface area (Å²) in [5, 5.41) is 6.82. The molecule has 1 amide bonds. The number of carbonyl (C=O) groups is 1. The largest absolute Gasteiger partial charge is 0.344 e. The first-order valence-corrected chi connectivity index (χ1v) is 8.27. The van der Waals surface area contributed by atoms with E-state index in [9.17, 15) is 4.79 Å². The Morgan fingerprint density at radius 2 is 1.96 bits per heavy atom. The van der Waals surface area contributed by atoms with Gasteiger partial charge < -0.3 is 9.84 Å². The summed E-state index contributed by atoms with van der Waals surface area (Å²) >= 11 is 0. The van der Waals surface area contributed by atoms with Crippen LogP contribution in [-0.4, -0.2) is 21.0 Å². The number of pyridine rings is 1. The third kappa shape index (κ3) is 4.73. The maximum absolute atomic E-state index is 12.4. The van der Waals surface area contributed by atoms with Crippen molar-refractivity contribution >= 4 is 5.91 Å². The molecule has 3 aromatic rings. The highest BCUT2D eigenvalue weighted by atomic mass is 16.5. The number of nitrogens with one attached hydrogen (secondary N) is 1. The van der Waals surface area contributed by atoms with Crippen LogP contribution in [0, 0.1) is 6.92 Å². The van der Waals surface area contributed by atoms with Crippen molar-refractivity contribution in [1.29, 1.82) is 0 Å². The molecule has 3 rings (SSSR count). The van der Waals surface area contributed by atoms with Crippen LogP contribution < -0.4 is 5.32 Å². The lowest BCUT2D eigenvalue weighted by Crippen LogP contribution is -2.29. The Bertz CT molecular complexity index is 763. The molecule has 1 aromatic carbocycles. The summed E-state index contributed by atoms with van der Waals surface area (Å²) in [6, 6.07) is 15.3. The fraction of sp³-hybridized carbons (Fsp3) is 0.263. The van der Waals surface area contributed by atoms with Crippen LogP contribution in [0.15, 0.2) is 59.3 Å². The van der Waals surface area contributed by atoms with E-state index in [-0.39, 0.29) is 11.9 Å². The molecule has 6 heteroatoms. The lowest BCUT2D eigenvalue weighted by Gasteiger charge is -2.18. The van der Waals surface area contributed by atoms with Crippen LogP contribution in [0.3, 0.4) is 0 Å². The highest BCUT2D eigenvalue weighted by molar-refractivity contribution is 5.76. The first kappa shape index (κ1) is 16.8. The first-order chi connectivity index (χ1) is 12.2. The van der Waals surface area contributed by atoms with Gasteiger partial charge in [-0.2, -0.15) is 4.98 Å². The van der Waals surface area contributed by atoms with Crippen molar-refractivity contribution in [3.8, 4) is 0 Å². The van der Waals surface area contributed by atoms with Crippen molar-refractivity contribution in [3.63, 3.8) is 0 Å². The summed E-state index contributed by atoms with van der Waals surface area (Å²) in [5.41, 5.74) is 1.82. The molecular formula is C19H20N4O2. The normalized spacial score (nSPS) is 11.9. The second kappa shape index (κ2) is 8.19. The van der Waals surface area contributed by atoms with Crippen LogP contribution in [0.5, 0.6) is 0 Å². The molecule has 25 heavy (non-hydrogen) atoms. The van der Waals surface area contributed by atoms with E-state index in [1.165, 1.54) is 0 Å². The van der Waals surface area contributed by atoms with Crippen LogP contribution in [-0.2, 0) is 11.2 Å². The van der Waals surface area contributed by atoms with E-state index in [0.717, 1.165) is 11.3 Å². The smallest absolute Gasteiger partial charge is 0.226 e. The lowest BCUT2D eigenvalue weighted by molar-refractivity contribution is -0.121. The fourth-order valence-corrected chi connectivity index (χ4v) is 2.60. The van der Waals surface area contributed by atoms with Crippen molar-refractivity contribution in [2.45, 2.75) is 32.2 Å². The van der Waals surface area contributed by atoms with E-state index in [2.05, 4.69) is 20.4 Å². The zero-order valence-corrected chi connectivity index (χ0v) is 14.1. The lowest BCUT2D eigenvalue weighted by atomic mass is 10.0. The van der Waals surface area contributed by atoms with Gasteiger partial charge >= 0.3 is 0 Å². The number of amides is 1. The number of rotatable bonds is 7. The van der Waals surface area contributed by atoms with Gasteiger partial charge in [-0.25, -0.2) is 0 Å². The third-order valence-corrected chi connectivity index (χ3v) is 3.79. The predicted molar refractivity (Wildman–Crippen MR) is 92.6 cm³/mol. The molecule has 0 aliphatic heterocycles. The first-order valence-electron chi connectivity index (χ1n) is 8.27. The fourth-order valence-electron chi connectivity index (χ4n) is 2.60. The number of hydrogen-bond acceptors (Lipinski definition) is 5. The molecule has 0 bridgehead atoms. The van der Waals surface area contributed by atoms with E-state index >= 15 is 0 Å². The van der Waals surface area contributed by atoms with Crippen LogP contribution in [0.4, 0.5) is 0 Å². The van der Waals surface area contributed by atoms with Gasteiger partial charge in [-0.3, -0.25) is 9.78 Å². The van der Waals surface area contributed by atoms with Crippen molar-refractivity contribution in [2.24, 2.45) is 0 Å². The number of hydrogen-bond donors (Lipinski definition) is 1. The van der Waals surface area contributed by atoms with Crippen molar-refractivity contribution in [1.82, 2.24) is 20.4 Å². The zero-order valence-electron chi connectivity index (χ0n) is 14.1. The molecule has 0 saturated heterocycles. The van der Waals surface area contributed by atoms with Crippen molar-refractivity contribution < 1.29 is 9.32 Å². The third-order valence-electron chi connectivity index (χ3n) is 3.79. The van der Waals surface area contributed by atoms with E-state index < -0.39 is 0 Å². The average Bonchev–Trinajstić information content (AvgIpc) is 3.06. The van der Waals surface area contributed by atoms with Crippen LogP contribution in [0.1, 0.15) is 41.9 Å². The highest BCUT2D eigenvalue weighted by Crippen LogP contribution is 2.20. The van der Waals surface area contributed by atoms with Crippen LogP contribution >= 0.6 is 0 Å². The molecule has 6 nitrogen and oxygen atoms in total. The number of aromatic nitrogens is 3. The summed E-state index contributed by atoms with van der Waals surface area (Å²) in [6.45, 7) is 1.77. The molecule has 0 radical (unpaired) electrons. The van der Waals surface area contributed by atoms with Gasteiger partial charge in [0.25, 0.3) is 0 Å². The Labute approximate surface area is 146 Å². The van der Waals surface area contributed by atoms with Gasteiger partial charge in [-0.1, -0.05) is 41.6 Å². The average molecular weight is 336 g/mol. The van der Waals surface area contributed by atoms with E-state index in [4.69, 9.17) is 4.52 Å². The molecular weight excluding hydrogens is 316 g/mol. The minimum absolute atomic E-state index is 0.0317. The predicted octanol–water partition coefficient (Wildman–Crippen LogP) is 3.00. The molecule has 0 spiro atoms. The Kier molecular flexibility index (Phi) is 5.51. The van der Waals surface area contributed by atoms with Gasteiger partial charge in [0.1, 0.15) is 0 Å². The van der Waals surface area contributed by atoms with E-state index in [1.54, 1.807) is 13.1 Å². The summed E-state index contributed by atoms with van der Waals surface area (Å²) in [5.74, 6) is 1.14. The second-order valence-corrected chi connectivity index (χ2v) is 5.75. The Morgan fingerprint density at radius 3 is 2.64 bits per heavy atom. The number of carbonyl (C=O) groups excluding carboxylic acids is 1. The zero-order chi connectivity index (χ0) is 17.5. The minimum Gasteiger partial charge on any atom is -0.344 e. The van der Waals surface area contributed by atoms with Crippen LogP contribution in [0.25, 0.3) is 0 Å². The summed E-state index contributed by atoms with van der Waals surface area (Å²) in [7, 11) is 0. The molecule has 1 unspecified atom stereocenters. The topological polar surface area (TPSA) is 80.9 Å². The van der Waals surface area contributed by atoms with Crippen molar-refractivity contribution in [2.75, 3.05) is 0 Å². The van der Waals surface area contributed by atoms with E-state index in [0.29, 0.717) is 31.0 Å². The van der Waals surface area contributed by atoms with Gasteiger partial charge in [0.2, 0.25) is 11.8 Å². The molecule has 0 saturated carbocycles. The Balaban J connectivity index is 1.62. The van der Waals surface area contributed by atoms with Gasteiger partial charge in [0, 0.05) is 19.0 Å². The molecule has 0 fully saturated rings. The molecule has 1 atom stereocenters. The van der Waals surface area contributed by atoms with Gasteiger partial charge in [0.15, 0.2) is 5.82 Å². The summed E-state index contributed by atoms with van der Waals surface area (Å²) in [4.78, 5) is 20.9.